The van der Waals surface area contributed by atoms with Gasteiger partial charge in [0.15, 0.2) is 5.22 Å². The molecule has 1 unspecified atom stereocenters. The molecule has 1 aromatic rings. The third-order valence-electron chi connectivity index (χ3n) is 1.92. The van der Waals surface area contributed by atoms with Gasteiger partial charge in [-0.3, -0.25) is 0 Å². The monoisotopic (exact) mass is 199 g/mol. The predicted molar refractivity (Wildman–Crippen MR) is 54.9 cm³/mol. The molecule has 13 heavy (non-hydrogen) atoms. The molecule has 0 aromatic carbocycles. The molecule has 0 saturated heterocycles. The van der Waals surface area contributed by atoms with Gasteiger partial charge in [-0.1, -0.05) is 5.57 Å². The molecule has 0 radical (unpaired) electrons. The second-order valence-electron chi connectivity index (χ2n) is 3.15. The number of halogens is 1. The summed E-state index contributed by atoms with van der Waals surface area (Å²) in [4.78, 5) is 0. The van der Waals surface area contributed by atoms with E-state index in [-0.39, 0.29) is 6.04 Å². The average molecular weight is 200 g/mol. The molecule has 0 saturated carbocycles. The first kappa shape index (κ1) is 10.4. The van der Waals surface area contributed by atoms with Crippen molar-refractivity contribution >= 4 is 11.6 Å². The maximum Gasteiger partial charge on any atom is 0.197 e. The van der Waals surface area contributed by atoms with Crippen LogP contribution in [-0.2, 0) is 0 Å². The summed E-state index contributed by atoms with van der Waals surface area (Å²) in [6.07, 6.45) is 2.47. The molecule has 2 nitrogen and oxygen atoms in total. The molecule has 0 fully saturated rings. The zero-order valence-corrected chi connectivity index (χ0v) is 8.69. The standard InChI is InChI=1S/C10H14ClNO/c1-7(2)6-9(12-3)8-4-5-13-10(8)11/h4-5,9,12H,1,6H2,2-3H3. The SMILES string of the molecule is C=C(C)CC(NC)c1ccoc1Cl. The lowest BCUT2D eigenvalue weighted by molar-refractivity contribution is 0.543. The molecule has 0 aliphatic heterocycles. The zero-order chi connectivity index (χ0) is 9.84. The maximum atomic E-state index is 5.86. The lowest BCUT2D eigenvalue weighted by Crippen LogP contribution is -2.16. The van der Waals surface area contributed by atoms with Gasteiger partial charge in [0.2, 0.25) is 0 Å². The van der Waals surface area contributed by atoms with Crippen LogP contribution in [-0.4, -0.2) is 7.05 Å². The first-order valence-corrected chi connectivity index (χ1v) is 4.57. The molecule has 1 atom stereocenters. The van der Waals surface area contributed by atoms with E-state index in [4.69, 9.17) is 16.0 Å². The molecular formula is C10H14ClNO. The van der Waals surface area contributed by atoms with Crippen LogP contribution in [0.2, 0.25) is 5.22 Å². The Morgan fingerprint density at radius 1 is 1.77 bits per heavy atom. The Kier molecular flexibility index (Phi) is 3.58. The van der Waals surface area contributed by atoms with E-state index in [0.29, 0.717) is 5.22 Å². The number of rotatable bonds is 4. The third kappa shape index (κ3) is 2.61. The Morgan fingerprint density at radius 2 is 2.46 bits per heavy atom. The van der Waals surface area contributed by atoms with E-state index in [1.165, 1.54) is 0 Å². The minimum absolute atomic E-state index is 0.198. The van der Waals surface area contributed by atoms with Crippen molar-refractivity contribution in [3.63, 3.8) is 0 Å². The molecule has 0 aliphatic rings. The van der Waals surface area contributed by atoms with Gasteiger partial charge in [-0.15, -0.1) is 6.58 Å². The molecule has 1 N–H and O–H groups in total. The highest BCUT2D eigenvalue weighted by atomic mass is 35.5. The molecule has 1 rings (SSSR count). The highest BCUT2D eigenvalue weighted by Crippen LogP contribution is 2.27. The fraction of sp³-hybridized carbons (Fsp3) is 0.400. The summed E-state index contributed by atoms with van der Waals surface area (Å²) in [5.74, 6) is 0. The van der Waals surface area contributed by atoms with Gasteiger partial charge in [-0.25, -0.2) is 0 Å². The molecule has 1 aromatic heterocycles. The summed E-state index contributed by atoms with van der Waals surface area (Å²) < 4.78 is 5.02. The number of hydrogen-bond acceptors (Lipinski definition) is 2. The van der Waals surface area contributed by atoms with Gasteiger partial charge in [0.25, 0.3) is 0 Å². The van der Waals surface area contributed by atoms with Crippen LogP contribution in [0.15, 0.2) is 28.9 Å². The zero-order valence-electron chi connectivity index (χ0n) is 7.93. The van der Waals surface area contributed by atoms with Crippen molar-refractivity contribution in [2.24, 2.45) is 0 Å². The average Bonchev–Trinajstić information content (AvgIpc) is 2.47. The summed E-state index contributed by atoms with van der Waals surface area (Å²) in [7, 11) is 1.90. The fourth-order valence-electron chi connectivity index (χ4n) is 1.27. The molecule has 72 valence electrons. The van der Waals surface area contributed by atoms with E-state index in [1.54, 1.807) is 6.26 Å². The molecule has 0 aliphatic carbocycles. The summed E-state index contributed by atoms with van der Waals surface area (Å²) in [5.41, 5.74) is 2.11. The van der Waals surface area contributed by atoms with E-state index in [0.717, 1.165) is 17.6 Å². The van der Waals surface area contributed by atoms with Gasteiger partial charge >= 0.3 is 0 Å². The Bertz CT molecular complexity index is 293. The largest absolute Gasteiger partial charge is 0.453 e. The first-order valence-electron chi connectivity index (χ1n) is 4.19. The van der Waals surface area contributed by atoms with Crippen LogP contribution in [0.5, 0.6) is 0 Å². The lowest BCUT2D eigenvalue weighted by Gasteiger charge is -2.14. The minimum atomic E-state index is 0.198. The lowest BCUT2D eigenvalue weighted by atomic mass is 10.0. The van der Waals surface area contributed by atoms with Crippen LogP contribution in [0.4, 0.5) is 0 Å². The van der Waals surface area contributed by atoms with Crippen molar-refractivity contribution in [2.75, 3.05) is 7.05 Å². The topological polar surface area (TPSA) is 25.2 Å². The Hall–Kier alpha value is -0.730. The van der Waals surface area contributed by atoms with E-state index >= 15 is 0 Å². The van der Waals surface area contributed by atoms with Gasteiger partial charge < -0.3 is 9.73 Å². The van der Waals surface area contributed by atoms with Crippen LogP contribution >= 0.6 is 11.6 Å². The minimum Gasteiger partial charge on any atom is -0.453 e. The number of furan rings is 1. The van der Waals surface area contributed by atoms with Crippen LogP contribution in [0.1, 0.15) is 24.9 Å². The van der Waals surface area contributed by atoms with E-state index < -0.39 is 0 Å². The third-order valence-corrected chi connectivity index (χ3v) is 2.23. The van der Waals surface area contributed by atoms with Gasteiger partial charge in [0, 0.05) is 11.6 Å². The van der Waals surface area contributed by atoms with Crippen molar-refractivity contribution in [2.45, 2.75) is 19.4 Å². The second kappa shape index (κ2) is 4.49. The quantitative estimate of drug-likeness (QED) is 0.754. The summed E-state index contributed by atoms with van der Waals surface area (Å²) in [6, 6.07) is 2.08. The summed E-state index contributed by atoms with van der Waals surface area (Å²) >= 11 is 5.86. The van der Waals surface area contributed by atoms with Crippen LogP contribution in [0, 0.1) is 0 Å². The Balaban J connectivity index is 2.78. The van der Waals surface area contributed by atoms with Crippen LogP contribution in [0.25, 0.3) is 0 Å². The van der Waals surface area contributed by atoms with Gasteiger partial charge in [-0.2, -0.15) is 0 Å². The van der Waals surface area contributed by atoms with Crippen molar-refractivity contribution in [1.82, 2.24) is 5.32 Å². The van der Waals surface area contributed by atoms with Gasteiger partial charge in [-0.05, 0) is 38.1 Å². The van der Waals surface area contributed by atoms with E-state index in [2.05, 4.69) is 11.9 Å². The van der Waals surface area contributed by atoms with Crippen molar-refractivity contribution in [3.05, 3.63) is 35.3 Å². The van der Waals surface area contributed by atoms with Crippen molar-refractivity contribution in [1.29, 1.82) is 0 Å². The number of hydrogen-bond donors (Lipinski definition) is 1. The maximum absolute atomic E-state index is 5.86. The first-order chi connectivity index (χ1) is 6.15. The Morgan fingerprint density at radius 3 is 2.85 bits per heavy atom. The molecule has 3 heteroatoms. The second-order valence-corrected chi connectivity index (χ2v) is 3.50. The van der Waals surface area contributed by atoms with E-state index in [9.17, 15) is 0 Å². The molecule has 0 bridgehead atoms. The molecule has 0 amide bonds. The molecule has 1 heterocycles. The van der Waals surface area contributed by atoms with Crippen LogP contribution in [0.3, 0.4) is 0 Å². The van der Waals surface area contributed by atoms with E-state index in [1.807, 2.05) is 20.0 Å². The van der Waals surface area contributed by atoms with Gasteiger partial charge in [0.05, 0.1) is 6.26 Å². The smallest absolute Gasteiger partial charge is 0.197 e. The van der Waals surface area contributed by atoms with Gasteiger partial charge in [0.1, 0.15) is 0 Å². The highest BCUT2D eigenvalue weighted by Gasteiger charge is 2.14. The summed E-state index contributed by atoms with van der Waals surface area (Å²) in [6.45, 7) is 5.87. The Labute approximate surface area is 83.6 Å². The predicted octanol–water partition coefficient (Wildman–Crippen LogP) is 3.16. The highest BCUT2D eigenvalue weighted by molar-refractivity contribution is 6.29. The number of nitrogens with one attached hydrogen (secondary N) is 1. The van der Waals surface area contributed by atoms with Crippen molar-refractivity contribution in [3.8, 4) is 0 Å². The molecule has 0 spiro atoms. The fourth-order valence-corrected chi connectivity index (χ4v) is 1.52. The molecular weight excluding hydrogens is 186 g/mol. The van der Waals surface area contributed by atoms with Crippen molar-refractivity contribution < 1.29 is 4.42 Å². The van der Waals surface area contributed by atoms with Crippen LogP contribution < -0.4 is 5.32 Å². The summed E-state index contributed by atoms with van der Waals surface area (Å²) in [5, 5.41) is 3.63. The normalized spacial score (nSPS) is 12.8.